The van der Waals surface area contributed by atoms with Crippen molar-refractivity contribution in [2.24, 2.45) is 0 Å². The van der Waals surface area contributed by atoms with Gasteiger partial charge in [0.25, 0.3) is 0 Å². The van der Waals surface area contributed by atoms with Gasteiger partial charge in [-0.15, -0.1) is 13.2 Å². The Kier molecular flexibility index (Phi) is 4.54. The van der Waals surface area contributed by atoms with Crippen LogP contribution >= 0.6 is 0 Å². The molecule has 0 unspecified atom stereocenters. The van der Waals surface area contributed by atoms with Crippen LogP contribution in [0.1, 0.15) is 11.3 Å². The van der Waals surface area contributed by atoms with Crippen molar-refractivity contribution in [2.75, 3.05) is 7.11 Å². The minimum atomic E-state index is -5.25. The first-order valence-electron chi connectivity index (χ1n) is 5.06. The van der Waals surface area contributed by atoms with E-state index in [1.165, 1.54) is 0 Å². The van der Waals surface area contributed by atoms with Crippen LogP contribution in [-0.4, -0.2) is 29.5 Å². The quantitative estimate of drug-likeness (QED) is 0.864. The van der Waals surface area contributed by atoms with Crippen molar-refractivity contribution in [3.8, 4) is 11.6 Å². The Morgan fingerprint density at radius 1 is 1.29 bits per heavy atom. The van der Waals surface area contributed by atoms with E-state index in [4.69, 9.17) is 5.11 Å². The van der Waals surface area contributed by atoms with E-state index in [1.54, 1.807) is 0 Å². The lowest BCUT2D eigenvalue weighted by Crippen LogP contribution is -2.21. The summed E-state index contributed by atoms with van der Waals surface area (Å²) in [4.78, 5) is 13.2. The SMILES string of the molecule is COc1cc(OC(F)(F)F)nc(C(F)(F)F)c1CC(=O)O. The molecule has 0 spiro atoms. The fraction of sp³-hybridized carbons (Fsp3) is 0.400. The van der Waals surface area contributed by atoms with Gasteiger partial charge in [0.05, 0.1) is 13.5 Å². The van der Waals surface area contributed by atoms with Crippen LogP contribution < -0.4 is 9.47 Å². The van der Waals surface area contributed by atoms with Gasteiger partial charge in [-0.05, 0) is 0 Å². The lowest BCUT2D eigenvalue weighted by atomic mass is 10.1. The summed E-state index contributed by atoms with van der Waals surface area (Å²) in [5.41, 5.74) is -2.71. The number of hydrogen-bond donors (Lipinski definition) is 1. The second-order valence-corrected chi connectivity index (χ2v) is 3.61. The van der Waals surface area contributed by atoms with Gasteiger partial charge in [0, 0.05) is 11.6 Å². The summed E-state index contributed by atoms with van der Waals surface area (Å²) in [6.07, 6.45) is -11.6. The van der Waals surface area contributed by atoms with Gasteiger partial charge in [-0.2, -0.15) is 13.2 Å². The fourth-order valence-corrected chi connectivity index (χ4v) is 1.44. The number of alkyl halides is 6. The first-order valence-corrected chi connectivity index (χ1v) is 5.06. The first-order chi connectivity index (χ1) is 9.44. The van der Waals surface area contributed by atoms with Crippen molar-refractivity contribution >= 4 is 5.97 Å². The number of carboxylic acids is 1. The van der Waals surface area contributed by atoms with Gasteiger partial charge >= 0.3 is 18.5 Å². The average molecular weight is 319 g/mol. The summed E-state index contributed by atoms with van der Waals surface area (Å²) < 4.78 is 82.2. The summed E-state index contributed by atoms with van der Waals surface area (Å²) in [5.74, 6) is -3.76. The summed E-state index contributed by atoms with van der Waals surface area (Å²) >= 11 is 0. The number of carboxylic acid groups (broad SMARTS) is 1. The predicted molar refractivity (Wildman–Crippen MR) is 53.8 cm³/mol. The molecular weight excluding hydrogens is 312 g/mol. The Labute approximate surface area is 113 Å². The van der Waals surface area contributed by atoms with E-state index in [0.717, 1.165) is 7.11 Å². The molecule has 0 radical (unpaired) electrons. The largest absolute Gasteiger partial charge is 0.574 e. The van der Waals surface area contributed by atoms with Gasteiger partial charge in [-0.25, -0.2) is 4.98 Å². The van der Waals surface area contributed by atoms with Crippen molar-refractivity contribution < 1.29 is 45.7 Å². The lowest BCUT2D eigenvalue weighted by Gasteiger charge is -2.16. The third-order valence-corrected chi connectivity index (χ3v) is 2.10. The number of methoxy groups -OCH3 is 1. The molecule has 1 aromatic heterocycles. The molecule has 0 fully saturated rings. The number of carbonyl (C=O) groups is 1. The molecule has 0 aliphatic rings. The number of aromatic nitrogens is 1. The Balaban J connectivity index is 3.46. The van der Waals surface area contributed by atoms with Crippen molar-refractivity contribution in [2.45, 2.75) is 19.0 Å². The van der Waals surface area contributed by atoms with E-state index < -0.39 is 47.8 Å². The fourth-order valence-electron chi connectivity index (χ4n) is 1.44. The van der Waals surface area contributed by atoms with Gasteiger partial charge < -0.3 is 14.6 Å². The Bertz CT molecular complexity index is 540. The van der Waals surface area contributed by atoms with Gasteiger partial charge in [-0.1, -0.05) is 0 Å². The van der Waals surface area contributed by atoms with E-state index in [-0.39, 0.29) is 0 Å². The highest BCUT2D eigenvalue weighted by molar-refractivity contribution is 5.72. The van der Waals surface area contributed by atoms with Crippen LogP contribution in [0.3, 0.4) is 0 Å². The van der Waals surface area contributed by atoms with Crippen molar-refractivity contribution in [1.29, 1.82) is 0 Å². The number of ether oxygens (including phenoxy) is 2. The number of halogens is 6. The zero-order valence-electron chi connectivity index (χ0n) is 10.2. The summed E-state index contributed by atoms with van der Waals surface area (Å²) in [5, 5.41) is 8.57. The third-order valence-electron chi connectivity index (χ3n) is 2.10. The monoisotopic (exact) mass is 319 g/mol. The Morgan fingerprint density at radius 2 is 1.86 bits per heavy atom. The molecule has 118 valence electrons. The number of pyridine rings is 1. The summed E-state index contributed by atoms with van der Waals surface area (Å²) in [7, 11) is 0.873. The topological polar surface area (TPSA) is 68.7 Å². The van der Waals surface area contributed by atoms with Gasteiger partial charge in [0.2, 0.25) is 5.88 Å². The van der Waals surface area contributed by atoms with Crippen LogP contribution in [0, 0.1) is 0 Å². The van der Waals surface area contributed by atoms with Crippen molar-refractivity contribution in [3.05, 3.63) is 17.3 Å². The normalized spacial score (nSPS) is 12.1. The molecule has 0 bridgehead atoms. The average Bonchev–Trinajstić information content (AvgIpc) is 2.26. The maximum absolute atomic E-state index is 12.8. The maximum atomic E-state index is 12.8. The van der Waals surface area contributed by atoms with Crippen molar-refractivity contribution in [1.82, 2.24) is 4.98 Å². The first kappa shape index (κ1) is 16.9. The van der Waals surface area contributed by atoms with Crippen LogP contribution in [0.25, 0.3) is 0 Å². The highest BCUT2D eigenvalue weighted by Crippen LogP contribution is 2.38. The molecule has 0 amide bonds. The minimum absolute atomic E-state index is 0.432. The summed E-state index contributed by atoms with van der Waals surface area (Å²) in [6.45, 7) is 0. The molecule has 1 aromatic rings. The molecule has 1 heterocycles. The minimum Gasteiger partial charge on any atom is -0.496 e. The smallest absolute Gasteiger partial charge is 0.496 e. The molecule has 21 heavy (non-hydrogen) atoms. The number of aliphatic carboxylic acids is 1. The molecule has 0 saturated carbocycles. The molecule has 0 aliphatic heterocycles. The highest BCUT2D eigenvalue weighted by atomic mass is 19.4. The molecule has 0 saturated heterocycles. The molecule has 1 N–H and O–H groups in total. The number of rotatable bonds is 4. The molecule has 1 rings (SSSR count). The van der Waals surface area contributed by atoms with E-state index in [9.17, 15) is 31.1 Å². The summed E-state index contributed by atoms with van der Waals surface area (Å²) in [6, 6.07) is 0.432. The second kappa shape index (κ2) is 5.66. The zero-order chi connectivity index (χ0) is 16.4. The molecule has 5 nitrogen and oxygen atoms in total. The van der Waals surface area contributed by atoms with Gasteiger partial charge in [0.1, 0.15) is 5.75 Å². The zero-order valence-corrected chi connectivity index (χ0v) is 10.2. The highest BCUT2D eigenvalue weighted by Gasteiger charge is 2.40. The standard InChI is InChI=1S/C10H7F6NO4/c1-20-5-3-6(21-10(14,15)16)17-8(9(11,12)13)4(5)2-7(18)19/h3H,2H2,1H3,(H,18,19). The van der Waals surface area contributed by atoms with Crippen LogP contribution in [0.5, 0.6) is 11.6 Å². The van der Waals surface area contributed by atoms with E-state index in [0.29, 0.717) is 6.07 Å². The van der Waals surface area contributed by atoms with Gasteiger partial charge in [-0.3, -0.25) is 4.79 Å². The molecule has 0 aromatic carbocycles. The maximum Gasteiger partial charge on any atom is 0.574 e. The lowest BCUT2D eigenvalue weighted by molar-refractivity contribution is -0.276. The predicted octanol–water partition coefficient (Wildman–Crippen LogP) is 2.63. The molecule has 11 heteroatoms. The van der Waals surface area contributed by atoms with E-state index >= 15 is 0 Å². The molecular formula is C10H7F6NO4. The van der Waals surface area contributed by atoms with Crippen LogP contribution in [0.4, 0.5) is 26.3 Å². The number of nitrogens with zero attached hydrogens (tertiary/aromatic N) is 1. The molecule has 0 atom stereocenters. The van der Waals surface area contributed by atoms with Crippen LogP contribution in [0.2, 0.25) is 0 Å². The van der Waals surface area contributed by atoms with E-state index in [2.05, 4.69) is 14.5 Å². The number of hydrogen-bond acceptors (Lipinski definition) is 4. The molecule has 0 aliphatic carbocycles. The van der Waals surface area contributed by atoms with Crippen LogP contribution in [-0.2, 0) is 17.4 Å². The third kappa shape index (κ3) is 4.68. The van der Waals surface area contributed by atoms with Crippen LogP contribution in [0.15, 0.2) is 6.07 Å². The Morgan fingerprint density at radius 3 is 2.24 bits per heavy atom. The Hall–Kier alpha value is -2.20. The van der Waals surface area contributed by atoms with E-state index in [1.807, 2.05) is 0 Å². The van der Waals surface area contributed by atoms with Gasteiger partial charge in [0.15, 0.2) is 5.69 Å². The second-order valence-electron chi connectivity index (χ2n) is 3.61. The van der Waals surface area contributed by atoms with Crippen molar-refractivity contribution in [3.63, 3.8) is 0 Å².